The predicted molar refractivity (Wildman–Crippen MR) is 149 cm³/mol. The van der Waals surface area contributed by atoms with Gasteiger partial charge in [0.2, 0.25) is 0 Å². The zero-order valence-corrected chi connectivity index (χ0v) is 23.6. The zero-order valence-electron chi connectivity index (χ0n) is 23.6. The molecule has 3 aromatic rings. The van der Waals surface area contributed by atoms with E-state index in [0.29, 0.717) is 24.1 Å². The van der Waals surface area contributed by atoms with Gasteiger partial charge in [0, 0.05) is 12.6 Å². The van der Waals surface area contributed by atoms with Crippen LogP contribution < -0.4 is 0 Å². The first kappa shape index (κ1) is 30.7. The lowest BCUT2D eigenvalue weighted by Gasteiger charge is -2.33. The van der Waals surface area contributed by atoms with Crippen molar-refractivity contribution in [3.8, 4) is 11.1 Å². The Morgan fingerprint density at radius 1 is 0.927 bits per heavy atom. The van der Waals surface area contributed by atoms with Gasteiger partial charge < -0.3 is 4.74 Å². The van der Waals surface area contributed by atoms with Gasteiger partial charge in [-0.1, -0.05) is 44.2 Å². The number of piperidine rings is 1. The molecular weight excluding hydrogens is 537 g/mol. The van der Waals surface area contributed by atoms with Gasteiger partial charge in [0.05, 0.1) is 18.1 Å². The van der Waals surface area contributed by atoms with Crippen molar-refractivity contribution in [2.24, 2.45) is 5.92 Å². The van der Waals surface area contributed by atoms with Gasteiger partial charge in [-0.2, -0.15) is 13.2 Å². The van der Waals surface area contributed by atoms with Crippen LogP contribution in [0.2, 0.25) is 0 Å². The van der Waals surface area contributed by atoms with E-state index >= 15 is 0 Å². The Hall–Kier alpha value is -3.26. The number of esters is 1. The number of hydrogen-bond donors (Lipinski definition) is 0. The predicted octanol–water partition coefficient (Wildman–Crippen LogP) is 8.72. The van der Waals surface area contributed by atoms with Crippen LogP contribution in [-0.2, 0) is 22.3 Å². The number of alkyl halides is 3. The van der Waals surface area contributed by atoms with Crippen molar-refractivity contribution in [3.05, 3.63) is 94.6 Å². The summed E-state index contributed by atoms with van der Waals surface area (Å²) in [6.07, 6.45) is -2.26. The minimum Gasteiger partial charge on any atom is -0.466 e. The Kier molecular flexibility index (Phi) is 9.84. The highest BCUT2D eigenvalue weighted by Gasteiger charge is 2.30. The third-order valence-electron chi connectivity index (χ3n) is 7.59. The van der Waals surface area contributed by atoms with Crippen LogP contribution >= 0.6 is 0 Å². The molecular formula is C33H36F5NO2. The van der Waals surface area contributed by atoms with Gasteiger partial charge >= 0.3 is 12.1 Å². The fourth-order valence-electron chi connectivity index (χ4n) is 5.60. The molecule has 8 heteroatoms. The maximum atomic E-state index is 13.7. The lowest BCUT2D eigenvalue weighted by molar-refractivity contribution is -0.145. The number of hydrogen-bond acceptors (Lipinski definition) is 3. The molecule has 220 valence electrons. The molecule has 0 radical (unpaired) electrons. The monoisotopic (exact) mass is 573 g/mol. The standard InChI is InChI=1S/C33H36F5NO2/c1-4-41-32(40)31(13-21(2)3)27-17-25(23-5-7-28(8-6-23)33(36,37)38)16-26(18-27)24-9-11-39(12-10-24)20-22-14-29(34)19-30(35)15-22/h5-8,14-19,21,24,31H,4,9-13,20H2,1-3H3. The highest BCUT2D eigenvalue weighted by molar-refractivity contribution is 5.79. The van der Waals surface area contributed by atoms with Crippen LogP contribution in [0.25, 0.3) is 11.1 Å². The molecule has 0 aromatic heterocycles. The lowest BCUT2D eigenvalue weighted by atomic mass is 9.82. The van der Waals surface area contributed by atoms with E-state index in [9.17, 15) is 26.7 Å². The molecule has 0 N–H and O–H groups in total. The molecule has 1 atom stereocenters. The molecule has 4 rings (SSSR count). The number of carbonyl (C=O) groups is 1. The SMILES string of the molecule is CCOC(=O)C(CC(C)C)c1cc(-c2ccc(C(F)(F)F)cc2)cc(C2CCN(Cc3cc(F)cc(F)c3)CC2)c1. The van der Waals surface area contributed by atoms with E-state index in [1.165, 1.54) is 24.3 Å². The van der Waals surface area contributed by atoms with Crippen molar-refractivity contribution in [2.75, 3.05) is 19.7 Å². The molecule has 1 heterocycles. The maximum absolute atomic E-state index is 13.7. The normalized spacial score (nSPS) is 15.7. The van der Waals surface area contributed by atoms with Crippen molar-refractivity contribution in [1.82, 2.24) is 4.90 Å². The maximum Gasteiger partial charge on any atom is 0.416 e. The van der Waals surface area contributed by atoms with Gasteiger partial charge in [-0.3, -0.25) is 9.69 Å². The van der Waals surface area contributed by atoms with Crippen molar-refractivity contribution in [1.29, 1.82) is 0 Å². The highest BCUT2D eigenvalue weighted by Crippen LogP contribution is 2.37. The Balaban J connectivity index is 1.63. The van der Waals surface area contributed by atoms with Gasteiger partial charge in [0.1, 0.15) is 11.6 Å². The summed E-state index contributed by atoms with van der Waals surface area (Å²) in [4.78, 5) is 15.2. The fourth-order valence-corrected chi connectivity index (χ4v) is 5.60. The van der Waals surface area contributed by atoms with Crippen LogP contribution in [0.4, 0.5) is 22.0 Å². The molecule has 1 aliphatic rings. The minimum absolute atomic E-state index is 0.158. The van der Waals surface area contributed by atoms with E-state index in [4.69, 9.17) is 4.74 Å². The van der Waals surface area contributed by atoms with E-state index in [0.717, 1.165) is 60.8 Å². The van der Waals surface area contributed by atoms with E-state index in [2.05, 4.69) is 4.90 Å². The Morgan fingerprint density at radius 3 is 2.12 bits per heavy atom. The summed E-state index contributed by atoms with van der Waals surface area (Å²) in [5.41, 5.74) is 3.07. The van der Waals surface area contributed by atoms with E-state index in [1.807, 2.05) is 32.0 Å². The summed E-state index contributed by atoms with van der Waals surface area (Å²) < 4.78 is 72.3. The molecule has 3 nitrogen and oxygen atoms in total. The van der Waals surface area contributed by atoms with Gasteiger partial charge in [-0.25, -0.2) is 8.78 Å². The van der Waals surface area contributed by atoms with Crippen molar-refractivity contribution >= 4 is 5.97 Å². The number of carbonyl (C=O) groups excluding carboxylic acids is 1. The fraction of sp³-hybridized carbons (Fsp3) is 0.424. The first-order chi connectivity index (χ1) is 19.4. The topological polar surface area (TPSA) is 29.5 Å². The summed E-state index contributed by atoms with van der Waals surface area (Å²) in [5.74, 6) is -1.62. The average Bonchev–Trinajstić information content (AvgIpc) is 2.91. The number of halogens is 5. The van der Waals surface area contributed by atoms with Crippen molar-refractivity contribution in [3.63, 3.8) is 0 Å². The number of rotatable bonds is 9. The van der Waals surface area contributed by atoms with Gasteiger partial charge in [0.15, 0.2) is 0 Å². The first-order valence-electron chi connectivity index (χ1n) is 14.1. The number of likely N-dealkylation sites (tertiary alicyclic amines) is 1. The van der Waals surface area contributed by atoms with Gasteiger partial charge in [0.25, 0.3) is 0 Å². The Bertz CT molecular complexity index is 1310. The zero-order chi connectivity index (χ0) is 29.7. The largest absolute Gasteiger partial charge is 0.466 e. The molecule has 41 heavy (non-hydrogen) atoms. The summed E-state index contributed by atoms with van der Waals surface area (Å²) in [5, 5.41) is 0. The van der Waals surface area contributed by atoms with E-state index in [-0.39, 0.29) is 24.4 Å². The Labute approximate surface area is 238 Å². The summed E-state index contributed by atoms with van der Waals surface area (Å²) in [6.45, 7) is 7.97. The van der Waals surface area contributed by atoms with Gasteiger partial charge in [-0.15, -0.1) is 0 Å². The van der Waals surface area contributed by atoms with Crippen LogP contribution in [-0.4, -0.2) is 30.6 Å². The molecule has 0 saturated carbocycles. The highest BCUT2D eigenvalue weighted by atomic mass is 19.4. The van der Waals surface area contributed by atoms with Crippen LogP contribution in [0.1, 0.15) is 74.1 Å². The molecule has 1 unspecified atom stereocenters. The number of ether oxygens (including phenoxy) is 1. The molecule has 1 aliphatic heterocycles. The number of benzene rings is 3. The second-order valence-electron chi connectivity index (χ2n) is 11.2. The number of nitrogens with zero attached hydrogens (tertiary/aromatic N) is 1. The summed E-state index contributed by atoms with van der Waals surface area (Å²) in [7, 11) is 0. The first-order valence-corrected chi connectivity index (χ1v) is 14.1. The van der Waals surface area contributed by atoms with Crippen molar-refractivity contribution in [2.45, 2.75) is 64.6 Å². The van der Waals surface area contributed by atoms with Gasteiger partial charge in [-0.05, 0) is 103 Å². The second kappa shape index (κ2) is 13.1. The minimum atomic E-state index is -4.43. The van der Waals surface area contributed by atoms with E-state index < -0.39 is 29.3 Å². The third-order valence-corrected chi connectivity index (χ3v) is 7.59. The van der Waals surface area contributed by atoms with Crippen LogP contribution in [0.3, 0.4) is 0 Å². The molecule has 3 aromatic carbocycles. The van der Waals surface area contributed by atoms with E-state index in [1.54, 1.807) is 6.92 Å². The average molecular weight is 574 g/mol. The quantitative estimate of drug-likeness (QED) is 0.189. The van der Waals surface area contributed by atoms with Crippen molar-refractivity contribution < 1.29 is 31.5 Å². The van der Waals surface area contributed by atoms with Crippen LogP contribution in [0.5, 0.6) is 0 Å². The van der Waals surface area contributed by atoms with Crippen LogP contribution in [0, 0.1) is 17.6 Å². The lowest BCUT2D eigenvalue weighted by Crippen LogP contribution is -2.32. The molecule has 1 fully saturated rings. The second-order valence-corrected chi connectivity index (χ2v) is 11.2. The third kappa shape index (κ3) is 8.15. The summed E-state index contributed by atoms with van der Waals surface area (Å²) >= 11 is 0. The molecule has 1 saturated heterocycles. The smallest absolute Gasteiger partial charge is 0.416 e. The molecule has 0 amide bonds. The molecule has 0 spiro atoms. The molecule has 0 bridgehead atoms. The Morgan fingerprint density at radius 2 is 1.56 bits per heavy atom. The molecule has 0 aliphatic carbocycles. The van der Waals surface area contributed by atoms with Crippen LogP contribution in [0.15, 0.2) is 60.7 Å². The summed E-state index contributed by atoms with van der Waals surface area (Å²) in [6, 6.07) is 14.6.